The number of carbonyl (C=O) groups is 1. The summed E-state index contributed by atoms with van der Waals surface area (Å²) < 4.78 is 32.0. The number of rotatable bonds is 4. The Morgan fingerprint density at radius 2 is 2.06 bits per heavy atom. The summed E-state index contributed by atoms with van der Waals surface area (Å²) >= 11 is 3.07. The maximum absolute atomic E-state index is 13.3. The Hall–Kier alpha value is -0.170. The largest absolute Gasteiger partial charge is 1.00 e. The summed E-state index contributed by atoms with van der Waals surface area (Å²) in [5, 5.41) is 10.5. The predicted octanol–water partition coefficient (Wildman–Crippen LogP) is -0.918. The SMILES string of the molecule is C[C@H](Oc1ccc(Br)cc1C(C)(F)F)C(=O)[O-].[Na+]. The van der Waals surface area contributed by atoms with Gasteiger partial charge in [-0.15, -0.1) is 0 Å². The predicted molar refractivity (Wildman–Crippen MR) is 58.8 cm³/mol. The van der Waals surface area contributed by atoms with Gasteiger partial charge in [0, 0.05) is 11.4 Å². The first kappa shape index (κ1) is 17.8. The Labute approximate surface area is 134 Å². The molecule has 0 radical (unpaired) electrons. The van der Waals surface area contributed by atoms with Crippen LogP contribution in [-0.4, -0.2) is 12.1 Å². The van der Waals surface area contributed by atoms with Gasteiger partial charge in [0.05, 0.1) is 11.5 Å². The number of carboxylic acid groups (broad SMARTS) is 1. The van der Waals surface area contributed by atoms with Crippen molar-refractivity contribution in [3.05, 3.63) is 28.2 Å². The summed E-state index contributed by atoms with van der Waals surface area (Å²) in [5.74, 6) is -4.75. The molecule has 0 aromatic heterocycles. The Bertz CT molecular complexity index is 435. The molecule has 0 aliphatic rings. The second kappa shape index (κ2) is 6.84. The first-order valence-corrected chi connectivity index (χ1v) is 5.56. The first-order valence-electron chi connectivity index (χ1n) is 4.77. The molecule has 18 heavy (non-hydrogen) atoms. The fraction of sp³-hybridized carbons (Fsp3) is 0.364. The average molecular weight is 331 g/mol. The van der Waals surface area contributed by atoms with Crippen LogP contribution in [-0.2, 0) is 10.7 Å². The van der Waals surface area contributed by atoms with Crippen molar-refractivity contribution < 1.29 is 53.0 Å². The minimum atomic E-state index is -3.12. The molecular formula is C11H10BrF2NaO3. The Kier molecular flexibility index (Phi) is 6.78. The summed E-state index contributed by atoms with van der Waals surface area (Å²) in [5.41, 5.74) is -0.375. The Morgan fingerprint density at radius 3 is 2.50 bits per heavy atom. The van der Waals surface area contributed by atoms with Gasteiger partial charge in [-0.3, -0.25) is 0 Å². The maximum Gasteiger partial charge on any atom is 1.00 e. The first-order chi connectivity index (χ1) is 7.71. The van der Waals surface area contributed by atoms with Crippen molar-refractivity contribution in [3.8, 4) is 5.75 Å². The fourth-order valence-corrected chi connectivity index (χ4v) is 1.55. The number of benzene rings is 1. The van der Waals surface area contributed by atoms with Crippen molar-refractivity contribution in [1.29, 1.82) is 0 Å². The van der Waals surface area contributed by atoms with Crippen molar-refractivity contribution in [3.63, 3.8) is 0 Å². The molecule has 1 atom stereocenters. The molecule has 1 aromatic carbocycles. The van der Waals surface area contributed by atoms with Gasteiger partial charge in [-0.2, -0.15) is 0 Å². The molecule has 0 aliphatic heterocycles. The molecule has 0 spiro atoms. The smallest absolute Gasteiger partial charge is 0.546 e. The van der Waals surface area contributed by atoms with Crippen LogP contribution in [0.15, 0.2) is 22.7 Å². The topological polar surface area (TPSA) is 49.4 Å². The van der Waals surface area contributed by atoms with Crippen LogP contribution in [0.4, 0.5) is 8.78 Å². The zero-order valence-electron chi connectivity index (χ0n) is 10.2. The van der Waals surface area contributed by atoms with Crippen molar-refractivity contribution in [2.24, 2.45) is 0 Å². The molecule has 1 rings (SSSR count). The van der Waals surface area contributed by atoms with E-state index in [-0.39, 0.29) is 40.9 Å². The molecule has 0 fully saturated rings. The van der Waals surface area contributed by atoms with E-state index in [9.17, 15) is 18.7 Å². The second-order valence-corrected chi connectivity index (χ2v) is 4.52. The van der Waals surface area contributed by atoms with Crippen LogP contribution in [0.5, 0.6) is 5.75 Å². The van der Waals surface area contributed by atoms with E-state index in [0.29, 0.717) is 11.4 Å². The minimum absolute atomic E-state index is 0. The number of hydrogen-bond donors (Lipinski definition) is 0. The molecule has 0 heterocycles. The van der Waals surface area contributed by atoms with E-state index in [2.05, 4.69) is 15.9 Å². The van der Waals surface area contributed by atoms with Gasteiger partial charge in [-0.25, -0.2) is 8.78 Å². The zero-order chi connectivity index (χ0) is 13.2. The summed E-state index contributed by atoms with van der Waals surface area (Å²) in [6, 6.07) is 3.97. The Morgan fingerprint density at radius 1 is 1.50 bits per heavy atom. The van der Waals surface area contributed by atoms with Crippen LogP contribution in [0.1, 0.15) is 19.4 Å². The molecule has 3 nitrogen and oxygen atoms in total. The van der Waals surface area contributed by atoms with E-state index < -0.39 is 18.0 Å². The monoisotopic (exact) mass is 330 g/mol. The number of alkyl halides is 2. The van der Waals surface area contributed by atoms with Gasteiger partial charge in [0.2, 0.25) is 0 Å². The third-order valence-corrected chi connectivity index (χ3v) is 2.54. The van der Waals surface area contributed by atoms with Crippen molar-refractivity contribution >= 4 is 21.9 Å². The second-order valence-electron chi connectivity index (χ2n) is 3.61. The van der Waals surface area contributed by atoms with Gasteiger partial charge < -0.3 is 14.6 Å². The zero-order valence-corrected chi connectivity index (χ0v) is 13.8. The summed E-state index contributed by atoms with van der Waals surface area (Å²) in [6.45, 7) is 1.93. The van der Waals surface area contributed by atoms with Crippen LogP contribution < -0.4 is 39.4 Å². The van der Waals surface area contributed by atoms with Crippen molar-refractivity contribution in [1.82, 2.24) is 0 Å². The van der Waals surface area contributed by atoms with Crippen LogP contribution in [0.2, 0.25) is 0 Å². The quantitative estimate of drug-likeness (QED) is 0.671. The van der Waals surface area contributed by atoms with Crippen molar-refractivity contribution in [2.45, 2.75) is 25.9 Å². The molecule has 7 heteroatoms. The maximum atomic E-state index is 13.3. The van der Waals surface area contributed by atoms with E-state index in [0.717, 1.165) is 0 Å². The molecule has 1 aromatic rings. The van der Waals surface area contributed by atoms with Crippen LogP contribution in [0, 0.1) is 0 Å². The van der Waals surface area contributed by atoms with E-state index in [4.69, 9.17) is 4.74 Å². The van der Waals surface area contributed by atoms with E-state index in [1.54, 1.807) is 0 Å². The molecule has 0 saturated heterocycles. The van der Waals surface area contributed by atoms with E-state index in [1.165, 1.54) is 25.1 Å². The molecular weight excluding hydrogens is 321 g/mol. The minimum Gasteiger partial charge on any atom is -0.546 e. The molecule has 0 bridgehead atoms. The molecule has 0 amide bonds. The standard InChI is InChI=1S/C11H11BrF2O3.Na/c1-6(10(15)16)17-9-4-3-7(12)5-8(9)11(2,13)14;/h3-6H,1-2H3,(H,15,16);/q;+1/p-1/t6-;/m0./s1. The van der Waals surface area contributed by atoms with Gasteiger partial charge >= 0.3 is 29.6 Å². The number of halogens is 3. The van der Waals surface area contributed by atoms with E-state index >= 15 is 0 Å². The molecule has 0 N–H and O–H groups in total. The molecule has 0 unspecified atom stereocenters. The molecule has 0 aliphatic carbocycles. The number of aliphatic carboxylic acids is 1. The summed E-state index contributed by atoms with van der Waals surface area (Å²) in [7, 11) is 0. The fourth-order valence-electron chi connectivity index (χ4n) is 1.19. The van der Waals surface area contributed by atoms with Gasteiger partial charge in [-0.1, -0.05) is 15.9 Å². The number of carbonyl (C=O) groups excluding carboxylic acids is 1. The molecule has 94 valence electrons. The number of hydrogen-bond acceptors (Lipinski definition) is 3. The van der Waals surface area contributed by atoms with Gasteiger partial charge in [-0.05, 0) is 25.1 Å². The third-order valence-electron chi connectivity index (χ3n) is 2.05. The summed E-state index contributed by atoms with van der Waals surface area (Å²) in [6.07, 6.45) is -1.29. The Balaban J connectivity index is 0.00000289. The number of carboxylic acids is 1. The van der Waals surface area contributed by atoms with Gasteiger partial charge in [0.1, 0.15) is 11.9 Å². The average Bonchev–Trinajstić information content (AvgIpc) is 2.18. The molecule has 0 saturated carbocycles. The normalized spacial score (nSPS) is 12.5. The number of ether oxygens (including phenoxy) is 1. The van der Waals surface area contributed by atoms with Crippen LogP contribution in [0.25, 0.3) is 0 Å². The van der Waals surface area contributed by atoms with E-state index in [1.807, 2.05) is 0 Å². The van der Waals surface area contributed by atoms with Gasteiger partial charge in [0.15, 0.2) is 0 Å². The van der Waals surface area contributed by atoms with Crippen LogP contribution >= 0.6 is 15.9 Å². The van der Waals surface area contributed by atoms with Crippen LogP contribution in [0.3, 0.4) is 0 Å². The summed E-state index contributed by atoms with van der Waals surface area (Å²) in [4.78, 5) is 10.5. The third kappa shape index (κ3) is 4.84. The van der Waals surface area contributed by atoms with Crippen molar-refractivity contribution in [2.75, 3.05) is 0 Å². The van der Waals surface area contributed by atoms with Gasteiger partial charge in [0.25, 0.3) is 5.92 Å².